The lowest BCUT2D eigenvalue weighted by Gasteiger charge is -2.25. The van der Waals surface area contributed by atoms with Crippen LogP contribution < -0.4 is 16.4 Å². The van der Waals surface area contributed by atoms with Crippen molar-refractivity contribution in [3.05, 3.63) is 80.9 Å². The predicted octanol–water partition coefficient (Wildman–Crippen LogP) is 4.38. The number of phenolic OH excluding ortho intramolecular Hbond substituents is 1. The summed E-state index contributed by atoms with van der Waals surface area (Å²) >= 11 is 0. The summed E-state index contributed by atoms with van der Waals surface area (Å²) in [5.74, 6) is 0.400. The van der Waals surface area contributed by atoms with Crippen molar-refractivity contribution in [1.29, 1.82) is 0 Å². The summed E-state index contributed by atoms with van der Waals surface area (Å²) in [7, 11) is 0. The number of aryl methyl sites for hydroxylation is 8. The van der Waals surface area contributed by atoms with Gasteiger partial charge in [-0.3, -0.25) is 0 Å². The van der Waals surface area contributed by atoms with Gasteiger partial charge in [-0.15, -0.1) is 0 Å². The molecule has 0 atom stereocenters. The minimum absolute atomic E-state index is 0.152. The average molecular weight is 370 g/mol. The predicted molar refractivity (Wildman–Crippen MR) is 124 cm³/mol. The Morgan fingerprint density at radius 1 is 0.500 bits per heavy atom. The molecule has 0 fully saturated rings. The molecule has 0 radical (unpaired) electrons. The van der Waals surface area contributed by atoms with Gasteiger partial charge < -0.3 is 5.11 Å². The maximum atomic E-state index is 10.3. The van der Waals surface area contributed by atoms with Gasteiger partial charge in [-0.1, -0.05) is 86.2 Å². The Kier molecular flexibility index (Phi) is 5.43. The first-order valence-corrected chi connectivity index (χ1v) is 10.1. The fraction of sp³-hybridized carbons (Fsp3) is 0.308. The highest BCUT2D eigenvalue weighted by molar-refractivity contribution is 6.96. The van der Waals surface area contributed by atoms with Crippen LogP contribution >= 0.6 is 0 Å². The van der Waals surface area contributed by atoms with E-state index in [0.29, 0.717) is 5.75 Å². The molecule has 0 spiro atoms. The first-order valence-electron chi connectivity index (χ1n) is 10.1. The number of hydrogen-bond donors (Lipinski definition) is 1. The highest BCUT2D eigenvalue weighted by Gasteiger charge is 2.29. The van der Waals surface area contributed by atoms with E-state index in [1.807, 2.05) is 13.8 Å². The summed E-state index contributed by atoms with van der Waals surface area (Å²) in [6.45, 7) is 17.4. The summed E-state index contributed by atoms with van der Waals surface area (Å²) in [5.41, 5.74) is 13.8. The van der Waals surface area contributed by atoms with Gasteiger partial charge in [0.15, 0.2) is 0 Å². The maximum Gasteiger partial charge on any atom is 0.242 e. The van der Waals surface area contributed by atoms with Crippen molar-refractivity contribution >= 4 is 23.1 Å². The van der Waals surface area contributed by atoms with Gasteiger partial charge in [0.25, 0.3) is 0 Å². The monoisotopic (exact) mass is 370 g/mol. The largest absolute Gasteiger partial charge is 0.507 e. The van der Waals surface area contributed by atoms with Crippen LogP contribution in [0.5, 0.6) is 5.75 Å². The van der Waals surface area contributed by atoms with Crippen LogP contribution in [0.2, 0.25) is 0 Å². The molecule has 0 aliphatic rings. The second-order valence-corrected chi connectivity index (χ2v) is 8.56. The minimum Gasteiger partial charge on any atom is -0.507 e. The van der Waals surface area contributed by atoms with E-state index in [0.717, 1.165) is 11.1 Å². The van der Waals surface area contributed by atoms with E-state index in [1.165, 1.54) is 49.8 Å². The second kappa shape index (κ2) is 7.51. The van der Waals surface area contributed by atoms with Crippen LogP contribution in [0.3, 0.4) is 0 Å². The van der Waals surface area contributed by atoms with Crippen molar-refractivity contribution in [2.45, 2.75) is 55.4 Å². The summed E-state index contributed by atoms with van der Waals surface area (Å²) < 4.78 is 0. The van der Waals surface area contributed by atoms with E-state index in [-0.39, 0.29) is 6.71 Å². The lowest BCUT2D eigenvalue weighted by Crippen LogP contribution is -2.56. The van der Waals surface area contributed by atoms with E-state index in [4.69, 9.17) is 0 Å². The van der Waals surface area contributed by atoms with Crippen LogP contribution in [0.25, 0.3) is 0 Å². The van der Waals surface area contributed by atoms with Crippen LogP contribution in [-0.4, -0.2) is 11.8 Å². The molecule has 3 aromatic carbocycles. The molecule has 3 aromatic rings. The molecular weight excluding hydrogens is 339 g/mol. The summed E-state index contributed by atoms with van der Waals surface area (Å²) in [6, 6.07) is 13.5. The number of phenols is 1. The zero-order valence-corrected chi connectivity index (χ0v) is 18.5. The fourth-order valence-electron chi connectivity index (χ4n) is 4.93. The van der Waals surface area contributed by atoms with Gasteiger partial charge in [0.1, 0.15) is 5.75 Å². The molecule has 0 aliphatic carbocycles. The van der Waals surface area contributed by atoms with E-state index >= 15 is 0 Å². The molecule has 28 heavy (non-hydrogen) atoms. The summed E-state index contributed by atoms with van der Waals surface area (Å²) in [6.07, 6.45) is 0. The third-order valence-corrected chi connectivity index (χ3v) is 5.90. The first-order chi connectivity index (χ1) is 13.1. The highest BCUT2D eigenvalue weighted by Crippen LogP contribution is 2.20. The van der Waals surface area contributed by atoms with E-state index in [2.05, 4.69) is 77.9 Å². The van der Waals surface area contributed by atoms with Crippen LogP contribution in [0.15, 0.2) is 36.4 Å². The smallest absolute Gasteiger partial charge is 0.242 e. The van der Waals surface area contributed by atoms with Crippen molar-refractivity contribution in [1.82, 2.24) is 0 Å². The Balaban J connectivity index is 2.40. The Hall–Kier alpha value is -2.48. The average Bonchev–Trinajstić information content (AvgIpc) is 2.56. The third-order valence-electron chi connectivity index (χ3n) is 5.90. The van der Waals surface area contributed by atoms with Crippen molar-refractivity contribution in [2.24, 2.45) is 0 Å². The zero-order chi connectivity index (χ0) is 20.7. The maximum absolute atomic E-state index is 10.3. The Morgan fingerprint density at radius 3 is 1.14 bits per heavy atom. The lowest BCUT2D eigenvalue weighted by atomic mass is 9.34. The van der Waals surface area contributed by atoms with Crippen LogP contribution in [-0.2, 0) is 0 Å². The normalized spacial score (nSPS) is 11.0. The molecule has 0 aromatic heterocycles. The van der Waals surface area contributed by atoms with Gasteiger partial charge >= 0.3 is 0 Å². The Labute approximate surface area is 170 Å². The van der Waals surface area contributed by atoms with Crippen LogP contribution in [0, 0.1) is 55.4 Å². The van der Waals surface area contributed by atoms with Gasteiger partial charge in [-0.05, 0) is 66.5 Å². The van der Waals surface area contributed by atoms with Gasteiger partial charge in [-0.25, -0.2) is 0 Å². The Bertz CT molecular complexity index is 936. The van der Waals surface area contributed by atoms with Crippen LogP contribution in [0.1, 0.15) is 44.5 Å². The molecular formula is C26H31BO. The van der Waals surface area contributed by atoms with Gasteiger partial charge in [0, 0.05) is 0 Å². The molecule has 0 heterocycles. The SMILES string of the molecule is Cc1cc(C)c(B(c2cc(C)c(O)c(C)c2)c2c(C)cc(C)cc2C)c(C)c1. The first kappa shape index (κ1) is 20.3. The van der Waals surface area contributed by atoms with Gasteiger partial charge in [0.2, 0.25) is 6.71 Å². The molecule has 0 saturated carbocycles. The van der Waals surface area contributed by atoms with Crippen molar-refractivity contribution in [3.8, 4) is 5.75 Å². The fourth-order valence-corrected chi connectivity index (χ4v) is 4.93. The lowest BCUT2D eigenvalue weighted by molar-refractivity contribution is 0.467. The Morgan fingerprint density at radius 2 is 0.821 bits per heavy atom. The molecule has 0 unspecified atom stereocenters. The quantitative estimate of drug-likeness (QED) is 0.679. The second-order valence-electron chi connectivity index (χ2n) is 8.56. The number of hydrogen-bond acceptors (Lipinski definition) is 1. The molecule has 1 N–H and O–H groups in total. The zero-order valence-electron chi connectivity index (χ0n) is 18.5. The minimum atomic E-state index is 0.152. The van der Waals surface area contributed by atoms with Gasteiger partial charge in [-0.2, -0.15) is 0 Å². The van der Waals surface area contributed by atoms with Crippen molar-refractivity contribution in [3.63, 3.8) is 0 Å². The van der Waals surface area contributed by atoms with E-state index in [1.54, 1.807) is 0 Å². The summed E-state index contributed by atoms with van der Waals surface area (Å²) in [4.78, 5) is 0. The molecule has 0 aliphatic heterocycles. The molecule has 0 saturated heterocycles. The molecule has 3 rings (SSSR count). The number of rotatable bonds is 3. The standard InChI is InChI=1S/C26H31BO/c1-15-9-17(3)24(18(4)10-15)27(23-13-21(7)26(28)22(8)14-23)25-19(5)11-16(2)12-20(25)6/h9-14,28H,1-8H3. The summed E-state index contributed by atoms with van der Waals surface area (Å²) in [5, 5.41) is 10.3. The van der Waals surface area contributed by atoms with E-state index < -0.39 is 0 Å². The molecule has 0 amide bonds. The molecule has 1 nitrogen and oxygen atoms in total. The van der Waals surface area contributed by atoms with Crippen LogP contribution in [0.4, 0.5) is 0 Å². The molecule has 144 valence electrons. The number of aromatic hydroxyl groups is 1. The molecule has 2 heteroatoms. The van der Waals surface area contributed by atoms with E-state index in [9.17, 15) is 5.11 Å². The third kappa shape index (κ3) is 3.61. The highest BCUT2D eigenvalue weighted by atomic mass is 16.3. The van der Waals surface area contributed by atoms with Crippen molar-refractivity contribution in [2.75, 3.05) is 0 Å². The number of benzene rings is 3. The van der Waals surface area contributed by atoms with Gasteiger partial charge in [0.05, 0.1) is 0 Å². The molecule has 0 bridgehead atoms. The topological polar surface area (TPSA) is 20.2 Å². The van der Waals surface area contributed by atoms with Crippen molar-refractivity contribution < 1.29 is 5.11 Å².